The normalized spacial score (nSPS) is 11.5. The van der Waals surface area contributed by atoms with Gasteiger partial charge in [0.05, 0.1) is 5.54 Å². The Morgan fingerprint density at radius 3 is 2.00 bits per heavy atom. The number of hydrogen-bond donors (Lipinski definition) is 1. The van der Waals surface area contributed by atoms with E-state index in [0.29, 0.717) is 0 Å². The van der Waals surface area contributed by atoms with Crippen LogP contribution in [-0.2, 0) is 10.3 Å². The third-order valence-corrected chi connectivity index (χ3v) is 4.86. The van der Waals surface area contributed by atoms with E-state index in [1.807, 2.05) is 91.2 Å². The Hall–Kier alpha value is -2.65. The van der Waals surface area contributed by atoms with E-state index < -0.39 is 5.54 Å². The zero-order valence-corrected chi connectivity index (χ0v) is 14.3. The molecule has 0 atom stereocenters. The van der Waals surface area contributed by atoms with Gasteiger partial charge in [0.25, 0.3) is 0 Å². The summed E-state index contributed by atoms with van der Waals surface area (Å²) in [7, 11) is 0. The average Bonchev–Trinajstić information content (AvgIpc) is 3.15. The van der Waals surface area contributed by atoms with Crippen LogP contribution in [0.2, 0.25) is 0 Å². The molecule has 3 heteroatoms. The van der Waals surface area contributed by atoms with Gasteiger partial charge in [-0.15, -0.1) is 11.3 Å². The lowest BCUT2D eigenvalue weighted by molar-refractivity contribution is -0.117. The monoisotopic (exact) mass is 333 g/mol. The molecule has 0 saturated heterocycles. The second-order valence-electron chi connectivity index (χ2n) is 5.70. The summed E-state index contributed by atoms with van der Waals surface area (Å²) in [6, 6.07) is 24.0. The van der Waals surface area contributed by atoms with Gasteiger partial charge in [-0.3, -0.25) is 4.79 Å². The van der Waals surface area contributed by atoms with Crippen molar-refractivity contribution in [3.63, 3.8) is 0 Å². The summed E-state index contributed by atoms with van der Waals surface area (Å²) in [6.07, 6.45) is 3.44. The fraction of sp³-hybridized carbons (Fsp3) is 0.0952. The van der Waals surface area contributed by atoms with Gasteiger partial charge in [0.15, 0.2) is 0 Å². The number of carbonyl (C=O) groups excluding carboxylic acids is 1. The molecule has 24 heavy (non-hydrogen) atoms. The molecule has 1 heterocycles. The molecule has 0 aliphatic carbocycles. The van der Waals surface area contributed by atoms with Crippen LogP contribution in [0.5, 0.6) is 0 Å². The molecule has 0 radical (unpaired) electrons. The number of hydrogen-bond acceptors (Lipinski definition) is 2. The van der Waals surface area contributed by atoms with Crippen LogP contribution >= 0.6 is 11.3 Å². The van der Waals surface area contributed by atoms with Crippen molar-refractivity contribution in [3.8, 4) is 0 Å². The Morgan fingerprint density at radius 1 is 0.917 bits per heavy atom. The zero-order chi connectivity index (χ0) is 16.8. The average molecular weight is 333 g/mol. The first kappa shape index (κ1) is 16.2. The molecule has 0 saturated carbocycles. The maximum Gasteiger partial charge on any atom is 0.244 e. The highest BCUT2D eigenvalue weighted by atomic mass is 32.1. The van der Waals surface area contributed by atoms with Gasteiger partial charge in [0, 0.05) is 11.0 Å². The van der Waals surface area contributed by atoms with Gasteiger partial charge in [0.2, 0.25) is 5.91 Å². The molecule has 1 aromatic heterocycles. The third-order valence-electron chi connectivity index (χ3n) is 4.02. The van der Waals surface area contributed by atoms with Crippen molar-refractivity contribution in [1.29, 1.82) is 0 Å². The largest absolute Gasteiger partial charge is 0.339 e. The summed E-state index contributed by atoms with van der Waals surface area (Å²) in [5.41, 5.74) is 1.52. The van der Waals surface area contributed by atoms with E-state index in [1.54, 1.807) is 17.4 Å². The quantitative estimate of drug-likeness (QED) is 0.665. The molecule has 2 nitrogen and oxygen atoms in total. The molecule has 0 unspecified atom stereocenters. The second kappa shape index (κ2) is 7.28. The van der Waals surface area contributed by atoms with Gasteiger partial charge >= 0.3 is 0 Å². The van der Waals surface area contributed by atoms with E-state index in [1.165, 1.54) is 0 Å². The van der Waals surface area contributed by atoms with Crippen LogP contribution in [0.4, 0.5) is 0 Å². The van der Waals surface area contributed by atoms with Crippen molar-refractivity contribution >= 4 is 23.3 Å². The van der Waals surface area contributed by atoms with Crippen molar-refractivity contribution in [2.45, 2.75) is 12.5 Å². The van der Waals surface area contributed by atoms with Crippen molar-refractivity contribution in [3.05, 3.63) is 100 Å². The predicted octanol–water partition coefficient (Wildman–Crippen LogP) is 4.84. The number of benzene rings is 2. The van der Waals surface area contributed by atoms with Gasteiger partial charge in [0.1, 0.15) is 0 Å². The minimum atomic E-state index is -0.584. The number of rotatable bonds is 5. The maximum absolute atomic E-state index is 12.5. The Balaban J connectivity index is 1.90. The molecule has 3 aromatic rings. The highest BCUT2D eigenvalue weighted by Crippen LogP contribution is 2.29. The van der Waals surface area contributed by atoms with Gasteiger partial charge in [-0.25, -0.2) is 0 Å². The van der Waals surface area contributed by atoms with Crippen molar-refractivity contribution < 1.29 is 4.79 Å². The molecule has 0 aliphatic rings. The van der Waals surface area contributed by atoms with E-state index >= 15 is 0 Å². The lowest BCUT2D eigenvalue weighted by Crippen LogP contribution is -2.43. The smallest absolute Gasteiger partial charge is 0.244 e. The lowest BCUT2D eigenvalue weighted by atomic mass is 9.84. The zero-order valence-electron chi connectivity index (χ0n) is 13.5. The second-order valence-corrected chi connectivity index (χ2v) is 6.67. The molecule has 0 fully saturated rings. The topological polar surface area (TPSA) is 29.1 Å². The standard InChI is InChI=1S/C21H19NOS/c1-21(17-9-4-2-5-10-17,18-11-6-3-7-12-18)22-20(23)15-14-19-13-8-16-24-19/h2-16H,1H3,(H,22,23)/b15-14+. The maximum atomic E-state index is 12.5. The van der Waals surface area contributed by atoms with E-state index in [4.69, 9.17) is 0 Å². The number of amides is 1. The van der Waals surface area contributed by atoms with Crippen LogP contribution in [0.3, 0.4) is 0 Å². The summed E-state index contributed by atoms with van der Waals surface area (Å²) in [5, 5.41) is 5.16. The summed E-state index contributed by atoms with van der Waals surface area (Å²) in [4.78, 5) is 13.6. The van der Waals surface area contributed by atoms with Crippen molar-refractivity contribution in [2.24, 2.45) is 0 Å². The molecule has 1 N–H and O–H groups in total. The SMILES string of the molecule is CC(NC(=O)/C=C/c1cccs1)(c1ccccc1)c1ccccc1. The minimum Gasteiger partial charge on any atom is -0.339 e. The summed E-state index contributed by atoms with van der Waals surface area (Å²) in [5.74, 6) is -0.112. The molecule has 0 aliphatic heterocycles. The van der Waals surface area contributed by atoms with Gasteiger partial charge < -0.3 is 5.32 Å². The summed E-state index contributed by atoms with van der Waals surface area (Å²) < 4.78 is 0. The molecular weight excluding hydrogens is 314 g/mol. The van der Waals surface area contributed by atoms with Crippen LogP contribution < -0.4 is 5.32 Å². The highest BCUT2D eigenvalue weighted by Gasteiger charge is 2.29. The fourth-order valence-electron chi connectivity index (χ4n) is 2.69. The molecule has 0 spiro atoms. The fourth-order valence-corrected chi connectivity index (χ4v) is 3.30. The van der Waals surface area contributed by atoms with Crippen LogP contribution in [-0.4, -0.2) is 5.91 Å². The summed E-state index contributed by atoms with van der Waals surface area (Å²) >= 11 is 1.61. The third kappa shape index (κ3) is 3.63. The van der Waals surface area contributed by atoms with Crippen LogP contribution in [0.15, 0.2) is 84.3 Å². The van der Waals surface area contributed by atoms with Crippen LogP contribution in [0.25, 0.3) is 6.08 Å². The number of thiophene rings is 1. The summed E-state index contributed by atoms with van der Waals surface area (Å²) in [6.45, 7) is 2.04. The molecular formula is C21H19NOS. The Labute approximate surface area is 146 Å². The Bertz CT molecular complexity index is 768. The molecule has 120 valence electrons. The van der Waals surface area contributed by atoms with E-state index in [-0.39, 0.29) is 5.91 Å². The first-order valence-electron chi connectivity index (χ1n) is 7.83. The Morgan fingerprint density at radius 2 is 1.50 bits per heavy atom. The van der Waals surface area contributed by atoms with Crippen LogP contribution in [0.1, 0.15) is 22.9 Å². The molecule has 2 aromatic carbocycles. The first-order valence-corrected chi connectivity index (χ1v) is 8.71. The number of nitrogens with one attached hydrogen (secondary N) is 1. The molecule has 1 amide bonds. The molecule has 0 bridgehead atoms. The van der Waals surface area contributed by atoms with Gasteiger partial charge in [-0.05, 0) is 35.6 Å². The van der Waals surface area contributed by atoms with Gasteiger partial charge in [-0.2, -0.15) is 0 Å². The van der Waals surface area contributed by atoms with E-state index in [0.717, 1.165) is 16.0 Å². The van der Waals surface area contributed by atoms with Crippen LogP contribution in [0, 0.1) is 0 Å². The van der Waals surface area contributed by atoms with Crippen molar-refractivity contribution in [1.82, 2.24) is 5.32 Å². The van der Waals surface area contributed by atoms with E-state index in [9.17, 15) is 4.79 Å². The number of carbonyl (C=O) groups is 1. The van der Waals surface area contributed by atoms with Crippen molar-refractivity contribution in [2.75, 3.05) is 0 Å². The highest BCUT2D eigenvalue weighted by molar-refractivity contribution is 7.10. The first-order chi connectivity index (χ1) is 11.7. The molecule has 3 rings (SSSR count). The predicted molar refractivity (Wildman–Crippen MR) is 101 cm³/mol. The Kier molecular flexibility index (Phi) is 4.92. The van der Waals surface area contributed by atoms with E-state index in [2.05, 4.69) is 5.32 Å². The minimum absolute atomic E-state index is 0.112. The lowest BCUT2D eigenvalue weighted by Gasteiger charge is -2.31. The van der Waals surface area contributed by atoms with Gasteiger partial charge in [-0.1, -0.05) is 66.7 Å².